The third-order valence-electron chi connectivity index (χ3n) is 8.67. The number of nitrogens with zero attached hydrogens (tertiary/aromatic N) is 1. The second kappa shape index (κ2) is 11.6. The van der Waals surface area contributed by atoms with E-state index < -0.39 is 0 Å². The van der Waals surface area contributed by atoms with Gasteiger partial charge in [0.15, 0.2) is 0 Å². The summed E-state index contributed by atoms with van der Waals surface area (Å²) in [6, 6.07) is 67.6. The summed E-state index contributed by atoms with van der Waals surface area (Å²) in [6.07, 6.45) is 0. The zero-order chi connectivity index (χ0) is 30.0. The molecule has 0 saturated carbocycles. The average molecular weight is 574 g/mol. The summed E-state index contributed by atoms with van der Waals surface area (Å²) in [5.74, 6) is 0. The molecule has 0 spiro atoms. The van der Waals surface area contributed by atoms with E-state index in [1.807, 2.05) is 0 Å². The Labute approximate surface area is 264 Å². The van der Waals surface area contributed by atoms with Crippen LogP contribution in [-0.2, 0) is 0 Å². The molecule has 1 heteroatoms. The highest BCUT2D eigenvalue weighted by Gasteiger charge is 2.17. The fourth-order valence-corrected chi connectivity index (χ4v) is 6.37. The van der Waals surface area contributed by atoms with Crippen LogP contribution in [0.3, 0.4) is 0 Å². The monoisotopic (exact) mass is 573 g/mol. The Morgan fingerprint density at radius 3 is 1.11 bits per heavy atom. The van der Waals surface area contributed by atoms with Gasteiger partial charge in [-0.15, -0.1) is 0 Å². The summed E-state index contributed by atoms with van der Waals surface area (Å²) < 4.78 is 0. The maximum Gasteiger partial charge on any atom is 0.0546 e. The number of hydrogen-bond donors (Lipinski definition) is 0. The quantitative estimate of drug-likeness (QED) is 0.179. The molecular formula is C44H31N. The highest BCUT2D eigenvalue weighted by atomic mass is 15.1. The zero-order valence-corrected chi connectivity index (χ0v) is 24.8. The molecule has 8 rings (SSSR count). The second-order valence-corrected chi connectivity index (χ2v) is 11.4. The molecule has 0 unspecified atom stereocenters. The third-order valence-corrected chi connectivity index (χ3v) is 8.67. The van der Waals surface area contributed by atoms with Crippen molar-refractivity contribution in [1.82, 2.24) is 0 Å². The Bertz CT molecular complexity index is 2220. The molecule has 0 bridgehead atoms. The number of anilines is 3. The third kappa shape index (κ3) is 5.15. The summed E-state index contributed by atoms with van der Waals surface area (Å²) in [5, 5.41) is 4.98. The second-order valence-electron chi connectivity index (χ2n) is 11.4. The standard InChI is InChI=1S/C44H31N/c1-3-11-32(12-4-1)34-19-21-35(22-20-34)37-25-29-40(30-26-37)45(39-27-23-36(24-28-39)33-13-5-2-6-14-33)44-31-38-15-7-8-16-41(38)42-17-9-10-18-43(42)44/h1-31H. The fraction of sp³-hybridized carbons (Fsp3) is 0. The molecule has 0 aliphatic heterocycles. The molecule has 0 aliphatic carbocycles. The van der Waals surface area contributed by atoms with Crippen LogP contribution in [-0.4, -0.2) is 0 Å². The zero-order valence-electron chi connectivity index (χ0n) is 24.8. The minimum atomic E-state index is 1.12. The molecule has 0 saturated heterocycles. The van der Waals surface area contributed by atoms with Gasteiger partial charge in [-0.1, -0.05) is 158 Å². The van der Waals surface area contributed by atoms with E-state index in [0.29, 0.717) is 0 Å². The molecule has 0 aliphatic rings. The van der Waals surface area contributed by atoms with Crippen LogP contribution in [0.1, 0.15) is 0 Å². The fourth-order valence-electron chi connectivity index (χ4n) is 6.37. The van der Waals surface area contributed by atoms with E-state index >= 15 is 0 Å². The van der Waals surface area contributed by atoms with Gasteiger partial charge in [0.25, 0.3) is 0 Å². The Balaban J connectivity index is 1.23. The largest absolute Gasteiger partial charge is 0.310 e. The van der Waals surface area contributed by atoms with Crippen molar-refractivity contribution in [1.29, 1.82) is 0 Å². The smallest absolute Gasteiger partial charge is 0.0546 e. The van der Waals surface area contributed by atoms with Gasteiger partial charge in [-0.3, -0.25) is 0 Å². The first-order chi connectivity index (χ1) is 22.3. The molecule has 0 heterocycles. The minimum Gasteiger partial charge on any atom is -0.310 e. The van der Waals surface area contributed by atoms with Crippen molar-refractivity contribution in [3.63, 3.8) is 0 Å². The Morgan fingerprint density at radius 1 is 0.267 bits per heavy atom. The van der Waals surface area contributed by atoms with Crippen LogP contribution >= 0.6 is 0 Å². The van der Waals surface area contributed by atoms with Crippen molar-refractivity contribution in [2.24, 2.45) is 0 Å². The normalized spacial score (nSPS) is 11.1. The maximum atomic E-state index is 2.39. The molecule has 0 amide bonds. The molecule has 8 aromatic carbocycles. The topological polar surface area (TPSA) is 3.24 Å². The molecule has 1 nitrogen and oxygen atoms in total. The predicted molar refractivity (Wildman–Crippen MR) is 192 cm³/mol. The van der Waals surface area contributed by atoms with Crippen molar-refractivity contribution in [2.75, 3.05) is 4.90 Å². The number of benzene rings is 8. The van der Waals surface area contributed by atoms with Gasteiger partial charge < -0.3 is 4.90 Å². The predicted octanol–water partition coefficient (Wildman–Crippen LogP) is 12.5. The van der Waals surface area contributed by atoms with Gasteiger partial charge in [0.2, 0.25) is 0 Å². The van der Waals surface area contributed by atoms with Crippen LogP contribution in [0.15, 0.2) is 188 Å². The van der Waals surface area contributed by atoms with Gasteiger partial charge in [-0.2, -0.15) is 0 Å². The Hall–Kier alpha value is -5.92. The van der Waals surface area contributed by atoms with Crippen LogP contribution in [0.4, 0.5) is 17.1 Å². The van der Waals surface area contributed by atoms with Gasteiger partial charge in [0.1, 0.15) is 0 Å². The van der Waals surface area contributed by atoms with E-state index in [1.54, 1.807) is 0 Å². The van der Waals surface area contributed by atoms with E-state index in [1.165, 1.54) is 54.9 Å². The summed E-state index contributed by atoms with van der Waals surface area (Å²) in [4.78, 5) is 2.39. The van der Waals surface area contributed by atoms with Crippen LogP contribution in [0.25, 0.3) is 54.9 Å². The number of fused-ring (bicyclic) bond motifs is 3. The first-order valence-electron chi connectivity index (χ1n) is 15.4. The van der Waals surface area contributed by atoms with E-state index in [-0.39, 0.29) is 0 Å². The molecule has 0 fully saturated rings. The summed E-state index contributed by atoms with van der Waals surface area (Å²) >= 11 is 0. The summed E-state index contributed by atoms with van der Waals surface area (Å²) in [7, 11) is 0. The van der Waals surface area contributed by atoms with Gasteiger partial charge in [-0.05, 0) is 79.9 Å². The van der Waals surface area contributed by atoms with Crippen LogP contribution in [0.2, 0.25) is 0 Å². The molecule has 0 radical (unpaired) electrons. The average Bonchev–Trinajstić information content (AvgIpc) is 3.13. The molecular weight excluding hydrogens is 542 g/mol. The van der Waals surface area contributed by atoms with Gasteiger partial charge in [-0.25, -0.2) is 0 Å². The first-order valence-corrected chi connectivity index (χ1v) is 15.4. The van der Waals surface area contributed by atoms with Crippen LogP contribution in [0.5, 0.6) is 0 Å². The van der Waals surface area contributed by atoms with E-state index in [0.717, 1.165) is 17.1 Å². The van der Waals surface area contributed by atoms with E-state index in [4.69, 9.17) is 0 Å². The van der Waals surface area contributed by atoms with Crippen molar-refractivity contribution in [3.05, 3.63) is 188 Å². The highest BCUT2D eigenvalue weighted by Crippen LogP contribution is 2.42. The molecule has 0 N–H and O–H groups in total. The van der Waals surface area contributed by atoms with Crippen molar-refractivity contribution in [3.8, 4) is 33.4 Å². The minimum absolute atomic E-state index is 1.12. The van der Waals surface area contributed by atoms with Gasteiger partial charge >= 0.3 is 0 Å². The summed E-state index contributed by atoms with van der Waals surface area (Å²) in [5.41, 5.74) is 10.7. The maximum absolute atomic E-state index is 2.39. The Kier molecular flexibility index (Phi) is 6.90. The van der Waals surface area contributed by atoms with Crippen molar-refractivity contribution >= 4 is 38.6 Å². The SMILES string of the molecule is c1ccc(-c2ccc(-c3ccc(N(c4ccc(-c5ccccc5)cc4)c4cc5ccccc5c5ccccc45)cc3)cc2)cc1. The summed E-state index contributed by atoms with van der Waals surface area (Å²) in [6.45, 7) is 0. The van der Waals surface area contributed by atoms with Gasteiger partial charge in [0.05, 0.1) is 5.69 Å². The van der Waals surface area contributed by atoms with Crippen LogP contribution < -0.4 is 4.90 Å². The molecule has 45 heavy (non-hydrogen) atoms. The van der Waals surface area contributed by atoms with E-state index in [2.05, 4.69) is 193 Å². The molecule has 0 atom stereocenters. The Morgan fingerprint density at radius 2 is 0.622 bits per heavy atom. The first kappa shape index (κ1) is 26.7. The highest BCUT2D eigenvalue weighted by molar-refractivity contribution is 6.14. The lowest BCUT2D eigenvalue weighted by molar-refractivity contribution is 1.30. The molecule has 212 valence electrons. The van der Waals surface area contributed by atoms with Crippen molar-refractivity contribution < 1.29 is 0 Å². The molecule has 8 aromatic rings. The lowest BCUT2D eigenvalue weighted by Crippen LogP contribution is -2.10. The van der Waals surface area contributed by atoms with E-state index in [9.17, 15) is 0 Å². The van der Waals surface area contributed by atoms with Crippen molar-refractivity contribution in [2.45, 2.75) is 0 Å². The molecule has 0 aromatic heterocycles. The number of hydrogen-bond acceptors (Lipinski definition) is 1. The lowest BCUT2D eigenvalue weighted by atomic mass is 9.98. The van der Waals surface area contributed by atoms with Crippen LogP contribution in [0, 0.1) is 0 Å². The number of rotatable bonds is 6. The van der Waals surface area contributed by atoms with Gasteiger partial charge in [0, 0.05) is 16.8 Å². The lowest BCUT2D eigenvalue weighted by Gasteiger charge is -2.28.